The van der Waals surface area contributed by atoms with E-state index in [0.717, 1.165) is 5.30 Å². The van der Waals surface area contributed by atoms with Crippen LogP contribution in [0.1, 0.15) is 10.4 Å². The van der Waals surface area contributed by atoms with Gasteiger partial charge in [-0.3, -0.25) is 0 Å². The molecule has 0 saturated heterocycles. The lowest BCUT2D eigenvalue weighted by atomic mass is 10.2. The second-order valence-corrected chi connectivity index (χ2v) is 5.10. The van der Waals surface area contributed by atoms with Gasteiger partial charge in [-0.05, 0) is 36.4 Å². The minimum atomic E-state index is -1.65. The maximum Gasteiger partial charge on any atom is 0.415 e. The van der Waals surface area contributed by atoms with E-state index in [1.54, 1.807) is 24.3 Å². The first-order valence-corrected chi connectivity index (χ1v) is 6.30. The van der Waals surface area contributed by atoms with Crippen LogP contribution >= 0.6 is 7.80 Å². The Bertz CT molecular complexity index is 547. The molecule has 1 atom stereocenters. The van der Waals surface area contributed by atoms with E-state index in [2.05, 4.69) is 0 Å². The van der Waals surface area contributed by atoms with Gasteiger partial charge in [0, 0.05) is 0 Å². The number of carbonyl (C=O) groups is 1. The molecule has 0 saturated carbocycles. The summed E-state index contributed by atoms with van der Waals surface area (Å²) in [7, 11) is -1.65. The van der Waals surface area contributed by atoms with Crippen molar-refractivity contribution in [1.29, 1.82) is 0 Å². The minimum absolute atomic E-state index is 0.199. The monoisotopic (exact) mass is 245 g/mol. The fourth-order valence-electron chi connectivity index (χ4n) is 1.45. The number of carboxylic acid groups (broad SMARTS) is 1. The summed E-state index contributed by atoms with van der Waals surface area (Å²) < 4.78 is 12.1. The van der Waals surface area contributed by atoms with Gasteiger partial charge >= 0.3 is 13.8 Å². The van der Waals surface area contributed by atoms with Gasteiger partial charge < -0.3 is 5.11 Å². The van der Waals surface area contributed by atoms with Crippen LogP contribution in [0.15, 0.2) is 54.6 Å². The first kappa shape index (κ1) is 11.5. The van der Waals surface area contributed by atoms with Crippen LogP contribution < -0.4 is 10.6 Å². The molecule has 0 aliphatic carbocycles. The molecule has 0 aliphatic rings. The van der Waals surface area contributed by atoms with E-state index in [-0.39, 0.29) is 5.56 Å². The molecule has 0 fully saturated rings. The third-order valence-electron chi connectivity index (χ3n) is 2.34. The van der Waals surface area contributed by atoms with Crippen LogP contribution in [-0.4, -0.2) is 11.1 Å². The van der Waals surface area contributed by atoms with Gasteiger partial charge in [-0.1, -0.05) is 22.8 Å². The zero-order valence-electron chi connectivity index (χ0n) is 8.91. The molecule has 2 aromatic rings. The lowest BCUT2D eigenvalue weighted by Gasteiger charge is -1.92. The van der Waals surface area contributed by atoms with E-state index < -0.39 is 13.8 Å². The first-order valence-electron chi connectivity index (χ1n) is 5.04. The van der Waals surface area contributed by atoms with Crippen LogP contribution in [0.5, 0.6) is 0 Å². The highest BCUT2D eigenvalue weighted by atomic mass is 31.1. The van der Waals surface area contributed by atoms with Crippen LogP contribution in [0.3, 0.4) is 0 Å². The van der Waals surface area contributed by atoms with Crippen molar-refractivity contribution in [2.24, 2.45) is 0 Å². The van der Waals surface area contributed by atoms with Crippen molar-refractivity contribution in [3.8, 4) is 0 Å². The molecule has 3 nitrogen and oxygen atoms in total. The Hall–Kier alpha value is -1.99. The summed E-state index contributed by atoms with van der Waals surface area (Å²) in [5.41, 5.74) is 0.199. The molecule has 2 aromatic carbocycles. The third kappa shape index (κ3) is 2.58. The van der Waals surface area contributed by atoms with E-state index in [1.165, 1.54) is 12.1 Å². The van der Waals surface area contributed by atoms with Crippen molar-refractivity contribution in [2.45, 2.75) is 0 Å². The quantitative estimate of drug-likeness (QED) is 0.843. The number of hydrogen-bond acceptors (Lipinski definition) is 2. The number of rotatable bonds is 3. The fraction of sp³-hybridized carbons (Fsp3) is 0. The lowest BCUT2D eigenvalue weighted by Crippen LogP contribution is -2.07. The van der Waals surface area contributed by atoms with Crippen LogP contribution in [0.2, 0.25) is 0 Å². The predicted molar refractivity (Wildman–Crippen MR) is 66.7 cm³/mol. The van der Waals surface area contributed by atoms with Gasteiger partial charge in [0.1, 0.15) is 0 Å². The van der Waals surface area contributed by atoms with E-state index in [9.17, 15) is 9.36 Å². The Labute approximate surface area is 99.5 Å². The maximum atomic E-state index is 12.1. The van der Waals surface area contributed by atoms with Crippen LogP contribution in [-0.2, 0) is 4.57 Å². The smallest absolute Gasteiger partial charge is 0.415 e. The van der Waals surface area contributed by atoms with Crippen molar-refractivity contribution < 1.29 is 14.5 Å². The molecule has 2 rings (SSSR count). The Morgan fingerprint density at radius 3 is 1.94 bits per heavy atom. The molecule has 0 heterocycles. The average Bonchev–Trinajstić information content (AvgIpc) is 2.39. The zero-order valence-corrected chi connectivity index (χ0v) is 9.80. The van der Waals surface area contributed by atoms with E-state index in [1.807, 2.05) is 18.2 Å². The molecular formula is C13H10O3P+. The SMILES string of the molecule is O=C(O)c1ccc([P+](=O)c2ccccc2)cc1. The number of aromatic carboxylic acids is 1. The average molecular weight is 245 g/mol. The Kier molecular flexibility index (Phi) is 3.31. The number of hydrogen-bond donors (Lipinski definition) is 1. The van der Waals surface area contributed by atoms with Crippen LogP contribution in [0, 0.1) is 0 Å². The summed E-state index contributed by atoms with van der Waals surface area (Å²) in [6.07, 6.45) is 0. The lowest BCUT2D eigenvalue weighted by molar-refractivity contribution is 0.0697. The molecule has 4 heteroatoms. The van der Waals surface area contributed by atoms with E-state index >= 15 is 0 Å². The molecule has 1 unspecified atom stereocenters. The van der Waals surface area contributed by atoms with Crippen molar-refractivity contribution in [2.75, 3.05) is 0 Å². The molecule has 0 bridgehead atoms. The second kappa shape index (κ2) is 4.89. The van der Waals surface area contributed by atoms with Crippen molar-refractivity contribution in [3.05, 3.63) is 60.2 Å². The van der Waals surface area contributed by atoms with Crippen molar-refractivity contribution in [3.63, 3.8) is 0 Å². The Morgan fingerprint density at radius 2 is 1.41 bits per heavy atom. The maximum absolute atomic E-state index is 12.1. The van der Waals surface area contributed by atoms with Gasteiger partial charge in [0.2, 0.25) is 0 Å². The number of carboxylic acids is 1. The van der Waals surface area contributed by atoms with Gasteiger partial charge in [0.25, 0.3) is 0 Å². The first-order chi connectivity index (χ1) is 8.18. The van der Waals surface area contributed by atoms with Gasteiger partial charge in [-0.25, -0.2) is 4.79 Å². The largest absolute Gasteiger partial charge is 0.478 e. The fourth-order valence-corrected chi connectivity index (χ4v) is 2.61. The normalized spacial score (nSPS) is 10.9. The molecule has 0 aliphatic heterocycles. The predicted octanol–water partition coefficient (Wildman–Crippen LogP) is 2.16. The minimum Gasteiger partial charge on any atom is -0.478 e. The van der Waals surface area contributed by atoms with Crippen LogP contribution in [0.25, 0.3) is 0 Å². The molecule has 17 heavy (non-hydrogen) atoms. The summed E-state index contributed by atoms with van der Waals surface area (Å²) in [5.74, 6) is -0.980. The molecular weight excluding hydrogens is 235 g/mol. The topological polar surface area (TPSA) is 54.4 Å². The summed E-state index contributed by atoms with van der Waals surface area (Å²) in [5, 5.41) is 10.1. The summed E-state index contributed by atoms with van der Waals surface area (Å²) in [6, 6.07) is 15.2. The molecule has 0 amide bonds. The van der Waals surface area contributed by atoms with Gasteiger partial charge in [-0.15, -0.1) is 0 Å². The standard InChI is InChI=1S/C13H9O3P/c14-13(15)10-6-8-12(9-7-10)17(16)11-4-2-1-3-5-11/h1-9H/p+1. The number of benzene rings is 2. The van der Waals surface area contributed by atoms with Gasteiger partial charge in [0.15, 0.2) is 10.6 Å². The molecule has 0 spiro atoms. The van der Waals surface area contributed by atoms with E-state index in [4.69, 9.17) is 5.11 Å². The van der Waals surface area contributed by atoms with Crippen LogP contribution in [0.4, 0.5) is 0 Å². The highest BCUT2D eigenvalue weighted by Gasteiger charge is 2.22. The second-order valence-electron chi connectivity index (χ2n) is 3.48. The van der Waals surface area contributed by atoms with Crippen molar-refractivity contribution >= 4 is 24.4 Å². The summed E-state index contributed by atoms with van der Waals surface area (Å²) in [6.45, 7) is 0. The zero-order chi connectivity index (χ0) is 12.3. The third-order valence-corrected chi connectivity index (χ3v) is 3.87. The van der Waals surface area contributed by atoms with Gasteiger partial charge in [0.05, 0.1) is 5.56 Å². The van der Waals surface area contributed by atoms with Crippen molar-refractivity contribution in [1.82, 2.24) is 0 Å². The molecule has 84 valence electrons. The molecule has 0 radical (unpaired) electrons. The summed E-state index contributed by atoms with van der Waals surface area (Å²) in [4.78, 5) is 10.7. The molecule has 0 aromatic heterocycles. The van der Waals surface area contributed by atoms with Gasteiger partial charge in [-0.2, -0.15) is 0 Å². The van der Waals surface area contributed by atoms with E-state index in [0.29, 0.717) is 5.30 Å². The summed E-state index contributed by atoms with van der Waals surface area (Å²) >= 11 is 0. The highest BCUT2D eigenvalue weighted by Crippen LogP contribution is 2.19. The molecule has 1 N–H and O–H groups in total. The highest BCUT2D eigenvalue weighted by molar-refractivity contribution is 7.61. The Morgan fingerprint density at radius 1 is 0.882 bits per heavy atom. The Balaban J connectivity index is 2.30.